The third kappa shape index (κ3) is 5.19. The highest BCUT2D eigenvalue weighted by molar-refractivity contribution is 7.09. The van der Waals surface area contributed by atoms with Gasteiger partial charge in [0.2, 0.25) is 0 Å². The molecule has 1 aromatic heterocycles. The highest BCUT2D eigenvalue weighted by atomic mass is 32.1. The van der Waals surface area contributed by atoms with E-state index >= 15 is 0 Å². The summed E-state index contributed by atoms with van der Waals surface area (Å²) >= 11 is 1.85. The lowest BCUT2D eigenvalue weighted by molar-refractivity contribution is 0.137. The topological polar surface area (TPSA) is 15.3 Å². The molecule has 0 aliphatic carbocycles. The summed E-state index contributed by atoms with van der Waals surface area (Å²) in [4.78, 5) is 4.02. The average Bonchev–Trinajstić information content (AvgIpc) is 2.68. The van der Waals surface area contributed by atoms with Crippen LogP contribution in [0, 0.1) is 5.41 Å². The van der Waals surface area contributed by atoms with Crippen molar-refractivity contribution in [2.24, 2.45) is 5.41 Å². The number of rotatable bonds is 7. The van der Waals surface area contributed by atoms with Crippen molar-refractivity contribution in [2.75, 3.05) is 20.1 Å². The van der Waals surface area contributed by atoms with Crippen molar-refractivity contribution >= 4 is 11.3 Å². The molecule has 0 spiro atoms. The molecule has 17 heavy (non-hydrogen) atoms. The molecule has 0 saturated carbocycles. The summed E-state index contributed by atoms with van der Waals surface area (Å²) in [6.45, 7) is 12.5. The van der Waals surface area contributed by atoms with Gasteiger partial charge in [-0.2, -0.15) is 0 Å². The van der Waals surface area contributed by atoms with Crippen LogP contribution in [0.3, 0.4) is 0 Å². The van der Waals surface area contributed by atoms with E-state index in [1.807, 2.05) is 18.4 Å². The Balaban J connectivity index is 2.60. The molecule has 0 aliphatic rings. The van der Waals surface area contributed by atoms with Crippen LogP contribution >= 0.6 is 11.3 Å². The molecule has 0 radical (unpaired) electrons. The lowest BCUT2D eigenvalue weighted by Crippen LogP contribution is -2.42. The molecule has 2 nitrogen and oxygen atoms in total. The van der Waals surface area contributed by atoms with Crippen molar-refractivity contribution in [3.8, 4) is 0 Å². The molecule has 0 bridgehead atoms. The van der Waals surface area contributed by atoms with Gasteiger partial charge >= 0.3 is 0 Å². The van der Waals surface area contributed by atoms with Crippen molar-refractivity contribution in [3.63, 3.8) is 0 Å². The molecular formula is C14H26N2S. The second kappa shape index (κ2) is 6.53. The highest BCUT2D eigenvalue weighted by Gasteiger charge is 2.22. The molecular weight excluding hydrogens is 228 g/mol. The van der Waals surface area contributed by atoms with Gasteiger partial charge in [-0.1, -0.05) is 19.9 Å². The van der Waals surface area contributed by atoms with Crippen LogP contribution < -0.4 is 5.32 Å². The quantitative estimate of drug-likeness (QED) is 0.804. The summed E-state index contributed by atoms with van der Waals surface area (Å²) in [6.07, 6.45) is 0. The summed E-state index contributed by atoms with van der Waals surface area (Å²) in [5, 5.41) is 5.45. The molecule has 0 unspecified atom stereocenters. The van der Waals surface area contributed by atoms with E-state index in [9.17, 15) is 0 Å². The minimum Gasteiger partial charge on any atom is -0.319 e. The molecule has 1 aromatic rings. The molecule has 0 aliphatic heterocycles. The fourth-order valence-corrected chi connectivity index (χ4v) is 2.84. The normalized spacial score (nSPS) is 12.6. The Hall–Kier alpha value is -0.380. The second-order valence-electron chi connectivity index (χ2n) is 5.77. The minimum absolute atomic E-state index is 0.316. The number of nitrogens with zero attached hydrogens (tertiary/aromatic N) is 1. The predicted molar refractivity (Wildman–Crippen MR) is 77.6 cm³/mol. The van der Waals surface area contributed by atoms with Gasteiger partial charge in [-0.3, -0.25) is 4.90 Å². The molecule has 0 saturated heterocycles. The van der Waals surface area contributed by atoms with E-state index in [0.717, 1.165) is 19.6 Å². The summed E-state index contributed by atoms with van der Waals surface area (Å²) in [6, 6.07) is 4.95. The van der Waals surface area contributed by atoms with Crippen molar-refractivity contribution < 1.29 is 0 Å². The van der Waals surface area contributed by atoms with Crippen LogP contribution in [-0.4, -0.2) is 31.1 Å². The average molecular weight is 254 g/mol. The molecule has 98 valence electrons. The van der Waals surface area contributed by atoms with Crippen LogP contribution in [0.5, 0.6) is 0 Å². The third-order valence-corrected chi connectivity index (χ3v) is 3.82. The van der Waals surface area contributed by atoms with Crippen LogP contribution in [0.1, 0.15) is 32.6 Å². The highest BCUT2D eigenvalue weighted by Crippen LogP contribution is 2.21. The lowest BCUT2D eigenvalue weighted by Gasteiger charge is -2.35. The maximum Gasteiger partial charge on any atom is 0.0330 e. The Morgan fingerprint density at radius 2 is 2.12 bits per heavy atom. The standard InChI is InChI=1S/C14H26N2S/c1-12(2)16(9-13-7-6-8-17-13)11-14(3,4)10-15-5/h6-8,12,15H,9-11H2,1-5H3. The minimum atomic E-state index is 0.316. The van der Waals surface area contributed by atoms with Gasteiger partial charge in [-0.25, -0.2) is 0 Å². The van der Waals surface area contributed by atoms with Gasteiger partial charge in [-0.05, 0) is 37.8 Å². The zero-order valence-electron chi connectivity index (χ0n) is 11.8. The Morgan fingerprint density at radius 3 is 2.59 bits per heavy atom. The van der Waals surface area contributed by atoms with Crippen LogP contribution in [0.4, 0.5) is 0 Å². The van der Waals surface area contributed by atoms with Gasteiger partial charge in [0.05, 0.1) is 0 Å². The monoisotopic (exact) mass is 254 g/mol. The van der Waals surface area contributed by atoms with Gasteiger partial charge in [-0.15, -0.1) is 11.3 Å². The molecule has 0 fully saturated rings. The number of hydrogen-bond acceptors (Lipinski definition) is 3. The Bertz CT molecular complexity index is 304. The first-order valence-corrected chi connectivity index (χ1v) is 7.23. The maximum absolute atomic E-state index is 3.29. The molecule has 1 N–H and O–H groups in total. The Labute approximate surface area is 110 Å². The summed E-state index contributed by atoms with van der Waals surface area (Å²) in [5.41, 5.74) is 0.316. The zero-order valence-corrected chi connectivity index (χ0v) is 12.6. The zero-order chi connectivity index (χ0) is 12.9. The molecule has 0 atom stereocenters. The van der Waals surface area contributed by atoms with E-state index in [-0.39, 0.29) is 0 Å². The van der Waals surface area contributed by atoms with Gasteiger partial charge in [0.1, 0.15) is 0 Å². The fraction of sp³-hybridized carbons (Fsp3) is 0.714. The van der Waals surface area contributed by atoms with Crippen molar-refractivity contribution in [1.82, 2.24) is 10.2 Å². The number of thiophene rings is 1. The third-order valence-electron chi connectivity index (χ3n) is 2.96. The van der Waals surface area contributed by atoms with Crippen LogP contribution in [0.2, 0.25) is 0 Å². The molecule has 0 amide bonds. The van der Waals surface area contributed by atoms with Crippen LogP contribution in [0.15, 0.2) is 17.5 Å². The van der Waals surface area contributed by atoms with Gasteiger partial charge in [0, 0.05) is 30.6 Å². The van der Waals surface area contributed by atoms with Crippen molar-refractivity contribution in [3.05, 3.63) is 22.4 Å². The Morgan fingerprint density at radius 1 is 1.41 bits per heavy atom. The fourth-order valence-electron chi connectivity index (χ4n) is 2.11. The van der Waals surface area contributed by atoms with E-state index in [1.54, 1.807) is 0 Å². The van der Waals surface area contributed by atoms with Crippen LogP contribution in [-0.2, 0) is 6.54 Å². The first-order valence-electron chi connectivity index (χ1n) is 6.35. The van der Waals surface area contributed by atoms with E-state index in [0.29, 0.717) is 11.5 Å². The molecule has 0 aromatic carbocycles. The Kier molecular flexibility index (Phi) is 5.63. The maximum atomic E-state index is 3.29. The van der Waals surface area contributed by atoms with Gasteiger partial charge in [0.15, 0.2) is 0 Å². The summed E-state index contributed by atoms with van der Waals surface area (Å²) < 4.78 is 0. The molecule has 1 heterocycles. The SMILES string of the molecule is CNCC(C)(C)CN(Cc1cccs1)C(C)C. The predicted octanol–water partition coefficient (Wildman–Crippen LogP) is 3.20. The number of nitrogens with one attached hydrogen (secondary N) is 1. The summed E-state index contributed by atoms with van der Waals surface area (Å²) in [5.74, 6) is 0. The first kappa shape index (κ1) is 14.7. The van der Waals surface area contributed by atoms with Gasteiger partial charge < -0.3 is 5.32 Å². The van der Waals surface area contributed by atoms with E-state index < -0.39 is 0 Å². The van der Waals surface area contributed by atoms with Crippen molar-refractivity contribution in [1.29, 1.82) is 0 Å². The largest absolute Gasteiger partial charge is 0.319 e. The second-order valence-corrected chi connectivity index (χ2v) is 6.80. The van der Waals surface area contributed by atoms with E-state index in [4.69, 9.17) is 0 Å². The lowest BCUT2D eigenvalue weighted by atomic mass is 9.92. The van der Waals surface area contributed by atoms with Crippen LogP contribution in [0.25, 0.3) is 0 Å². The smallest absolute Gasteiger partial charge is 0.0330 e. The van der Waals surface area contributed by atoms with E-state index in [1.165, 1.54) is 4.88 Å². The molecule has 3 heteroatoms. The van der Waals surface area contributed by atoms with Gasteiger partial charge in [0.25, 0.3) is 0 Å². The van der Waals surface area contributed by atoms with Crippen molar-refractivity contribution in [2.45, 2.75) is 40.3 Å². The molecule has 1 rings (SSSR count). The van der Waals surface area contributed by atoms with E-state index in [2.05, 4.69) is 55.4 Å². The summed E-state index contributed by atoms with van der Waals surface area (Å²) in [7, 11) is 2.03. The first-order chi connectivity index (χ1) is 7.94. The number of hydrogen-bond donors (Lipinski definition) is 1.